The summed E-state index contributed by atoms with van der Waals surface area (Å²) in [5, 5.41) is 0. The van der Waals surface area contributed by atoms with Crippen molar-refractivity contribution in [1.29, 1.82) is 0 Å². The normalized spacial score (nSPS) is 27.4. The second kappa shape index (κ2) is 6.91. The Labute approximate surface area is 139 Å². The predicted octanol–water partition coefficient (Wildman–Crippen LogP) is 2.79. The average molecular weight is 315 g/mol. The average Bonchev–Trinajstić information content (AvgIpc) is 3.23. The van der Waals surface area contributed by atoms with Gasteiger partial charge in [-0.25, -0.2) is 0 Å². The van der Waals surface area contributed by atoms with Gasteiger partial charge in [0.1, 0.15) is 0 Å². The smallest absolute Gasteiger partial charge is 0.226 e. The number of nitrogens with two attached hydrogens (primary N) is 1. The van der Waals surface area contributed by atoms with Gasteiger partial charge in [0.05, 0.1) is 6.04 Å². The molecule has 1 heterocycles. The summed E-state index contributed by atoms with van der Waals surface area (Å²) in [6.07, 6.45) is 5.45. The molecule has 2 N–H and O–H groups in total. The first-order chi connectivity index (χ1) is 11.1. The Hall–Kier alpha value is -1.55. The van der Waals surface area contributed by atoms with Gasteiger partial charge in [-0.2, -0.15) is 0 Å². The minimum atomic E-state index is 0.151. The van der Waals surface area contributed by atoms with Crippen LogP contribution in [0.25, 0.3) is 0 Å². The van der Waals surface area contributed by atoms with Crippen molar-refractivity contribution in [2.24, 2.45) is 17.6 Å². The number of likely N-dealkylation sites (tertiary alicyclic amines) is 1. The summed E-state index contributed by atoms with van der Waals surface area (Å²) in [7, 11) is 4.11. The van der Waals surface area contributed by atoms with E-state index < -0.39 is 0 Å². The molecule has 4 nitrogen and oxygen atoms in total. The minimum absolute atomic E-state index is 0.151. The van der Waals surface area contributed by atoms with Gasteiger partial charge >= 0.3 is 0 Å². The van der Waals surface area contributed by atoms with Crippen molar-refractivity contribution in [3.8, 4) is 0 Å². The van der Waals surface area contributed by atoms with E-state index in [9.17, 15) is 4.79 Å². The number of carbonyl (C=O) groups is 1. The van der Waals surface area contributed by atoms with Gasteiger partial charge in [0, 0.05) is 32.2 Å². The van der Waals surface area contributed by atoms with Crippen LogP contribution >= 0.6 is 0 Å². The van der Waals surface area contributed by atoms with Crippen molar-refractivity contribution in [2.45, 2.75) is 38.1 Å². The van der Waals surface area contributed by atoms with Crippen LogP contribution in [0, 0.1) is 11.8 Å². The zero-order chi connectivity index (χ0) is 16.4. The molecular formula is C19H29N3O. The first-order valence-electron chi connectivity index (χ1n) is 8.89. The topological polar surface area (TPSA) is 49.6 Å². The molecular weight excluding hydrogens is 286 g/mol. The molecule has 126 valence electrons. The van der Waals surface area contributed by atoms with Crippen molar-refractivity contribution >= 4 is 11.6 Å². The third-order valence-corrected chi connectivity index (χ3v) is 5.59. The van der Waals surface area contributed by atoms with Crippen molar-refractivity contribution in [3.63, 3.8) is 0 Å². The Bertz CT molecular complexity index is 557. The highest BCUT2D eigenvalue weighted by Gasteiger charge is 2.39. The van der Waals surface area contributed by atoms with E-state index in [4.69, 9.17) is 5.73 Å². The Balaban J connectivity index is 1.80. The van der Waals surface area contributed by atoms with E-state index in [1.807, 2.05) is 0 Å². The highest BCUT2D eigenvalue weighted by Crippen LogP contribution is 2.39. The SMILES string of the molecule is CN(C)c1cccc(C2CCCN2C(=O)[C@@H]2CCC[C@@H]2CN)c1. The van der Waals surface area contributed by atoms with Crippen LogP contribution in [0.2, 0.25) is 0 Å². The number of amides is 1. The molecule has 1 unspecified atom stereocenters. The third-order valence-electron chi connectivity index (χ3n) is 5.59. The Morgan fingerprint density at radius 2 is 2.09 bits per heavy atom. The maximum Gasteiger partial charge on any atom is 0.226 e. The van der Waals surface area contributed by atoms with E-state index in [2.05, 4.69) is 48.2 Å². The highest BCUT2D eigenvalue weighted by atomic mass is 16.2. The zero-order valence-electron chi connectivity index (χ0n) is 14.4. The summed E-state index contributed by atoms with van der Waals surface area (Å²) in [4.78, 5) is 17.3. The lowest BCUT2D eigenvalue weighted by Crippen LogP contribution is -2.38. The molecule has 2 fully saturated rings. The van der Waals surface area contributed by atoms with Crippen LogP contribution in [-0.2, 0) is 4.79 Å². The number of rotatable bonds is 4. The first kappa shape index (κ1) is 16.3. The second-order valence-corrected chi connectivity index (χ2v) is 7.21. The largest absolute Gasteiger partial charge is 0.378 e. The maximum absolute atomic E-state index is 13.1. The van der Waals surface area contributed by atoms with E-state index in [0.29, 0.717) is 18.4 Å². The van der Waals surface area contributed by atoms with E-state index in [0.717, 1.165) is 38.6 Å². The second-order valence-electron chi connectivity index (χ2n) is 7.21. The fraction of sp³-hybridized carbons (Fsp3) is 0.632. The Morgan fingerprint density at radius 3 is 2.83 bits per heavy atom. The molecule has 1 aliphatic carbocycles. The number of benzene rings is 1. The van der Waals surface area contributed by atoms with E-state index in [1.165, 1.54) is 11.3 Å². The molecule has 1 aromatic rings. The van der Waals surface area contributed by atoms with E-state index >= 15 is 0 Å². The highest BCUT2D eigenvalue weighted by molar-refractivity contribution is 5.80. The molecule has 1 saturated carbocycles. The van der Waals surface area contributed by atoms with Crippen molar-refractivity contribution in [3.05, 3.63) is 29.8 Å². The third kappa shape index (κ3) is 3.23. The summed E-state index contributed by atoms with van der Waals surface area (Å²) < 4.78 is 0. The van der Waals surface area contributed by atoms with Crippen LogP contribution in [0.5, 0.6) is 0 Å². The van der Waals surface area contributed by atoms with Crippen molar-refractivity contribution < 1.29 is 4.79 Å². The first-order valence-corrected chi connectivity index (χ1v) is 8.89. The number of hydrogen-bond donors (Lipinski definition) is 1. The summed E-state index contributed by atoms with van der Waals surface area (Å²) in [5.74, 6) is 0.880. The summed E-state index contributed by atoms with van der Waals surface area (Å²) in [6.45, 7) is 1.54. The Kier molecular flexibility index (Phi) is 4.90. The molecule has 1 aliphatic heterocycles. The molecule has 0 bridgehead atoms. The maximum atomic E-state index is 13.1. The lowest BCUT2D eigenvalue weighted by atomic mass is 9.93. The minimum Gasteiger partial charge on any atom is -0.378 e. The fourth-order valence-electron chi connectivity index (χ4n) is 4.24. The number of nitrogens with zero attached hydrogens (tertiary/aromatic N) is 2. The van der Waals surface area contributed by atoms with Gasteiger partial charge in [-0.3, -0.25) is 4.79 Å². The number of anilines is 1. The Morgan fingerprint density at radius 1 is 1.26 bits per heavy atom. The lowest BCUT2D eigenvalue weighted by Gasteiger charge is -2.30. The van der Waals surface area contributed by atoms with Gasteiger partial charge in [0.2, 0.25) is 5.91 Å². The molecule has 23 heavy (non-hydrogen) atoms. The quantitative estimate of drug-likeness (QED) is 0.929. The molecule has 3 rings (SSSR count). The molecule has 3 atom stereocenters. The van der Waals surface area contributed by atoms with Crippen molar-refractivity contribution in [1.82, 2.24) is 4.90 Å². The predicted molar refractivity (Wildman–Crippen MR) is 94.3 cm³/mol. The molecule has 1 aromatic carbocycles. The van der Waals surface area contributed by atoms with Gasteiger partial charge in [-0.15, -0.1) is 0 Å². The zero-order valence-corrected chi connectivity index (χ0v) is 14.4. The van der Waals surface area contributed by atoms with Crippen molar-refractivity contribution in [2.75, 3.05) is 32.1 Å². The van der Waals surface area contributed by atoms with Crippen LogP contribution in [0.15, 0.2) is 24.3 Å². The molecule has 1 saturated heterocycles. The molecule has 2 aliphatic rings. The molecule has 0 spiro atoms. The summed E-state index contributed by atoms with van der Waals surface area (Å²) >= 11 is 0. The molecule has 4 heteroatoms. The van der Waals surface area contributed by atoms with Crippen LogP contribution < -0.4 is 10.6 Å². The molecule has 0 aromatic heterocycles. The van der Waals surface area contributed by atoms with E-state index in [-0.39, 0.29) is 12.0 Å². The number of hydrogen-bond acceptors (Lipinski definition) is 3. The molecule has 1 amide bonds. The van der Waals surface area contributed by atoms with Crippen LogP contribution in [0.1, 0.15) is 43.7 Å². The van der Waals surface area contributed by atoms with Gasteiger partial charge in [-0.05, 0) is 55.8 Å². The van der Waals surface area contributed by atoms with Gasteiger partial charge in [-0.1, -0.05) is 18.6 Å². The van der Waals surface area contributed by atoms with Gasteiger partial charge in [0.25, 0.3) is 0 Å². The fourth-order valence-corrected chi connectivity index (χ4v) is 4.24. The van der Waals surface area contributed by atoms with Gasteiger partial charge in [0.15, 0.2) is 0 Å². The molecule has 0 radical (unpaired) electrons. The number of carbonyl (C=O) groups excluding carboxylic acids is 1. The summed E-state index contributed by atoms with van der Waals surface area (Å²) in [6, 6.07) is 8.85. The van der Waals surface area contributed by atoms with Crippen LogP contribution in [-0.4, -0.2) is 38.0 Å². The monoisotopic (exact) mass is 315 g/mol. The van der Waals surface area contributed by atoms with Crippen LogP contribution in [0.3, 0.4) is 0 Å². The van der Waals surface area contributed by atoms with Crippen LogP contribution in [0.4, 0.5) is 5.69 Å². The standard InChI is InChI=1S/C19H29N3O/c1-21(2)16-8-3-6-14(12-16)18-10-5-11-22(18)19(23)17-9-4-7-15(17)13-20/h3,6,8,12,15,17-18H,4-5,7,9-11,13,20H2,1-2H3/t15-,17-,18?/m1/s1. The van der Waals surface area contributed by atoms with Gasteiger partial charge < -0.3 is 15.5 Å². The summed E-state index contributed by atoms with van der Waals surface area (Å²) in [5.41, 5.74) is 8.35. The van der Waals surface area contributed by atoms with E-state index in [1.54, 1.807) is 0 Å². The lowest BCUT2D eigenvalue weighted by molar-refractivity contribution is -0.137.